The molecule has 1 rings (SSSR count). The van der Waals surface area contributed by atoms with Gasteiger partial charge in [0, 0.05) is 12.0 Å². The molecule has 0 radical (unpaired) electrons. The van der Waals surface area contributed by atoms with Crippen molar-refractivity contribution in [3.8, 4) is 5.75 Å². The van der Waals surface area contributed by atoms with Gasteiger partial charge >= 0.3 is 5.97 Å². The third kappa shape index (κ3) is 5.82. The quantitative estimate of drug-likeness (QED) is 0.569. The summed E-state index contributed by atoms with van der Waals surface area (Å²) < 4.78 is 0. The van der Waals surface area contributed by atoms with Crippen molar-refractivity contribution in [1.29, 1.82) is 0 Å². The molecule has 0 aliphatic carbocycles. The predicted octanol–water partition coefficient (Wildman–Crippen LogP) is 1.43. The molecular formula is C15H20N2O5. The van der Waals surface area contributed by atoms with Gasteiger partial charge in [-0.2, -0.15) is 0 Å². The number of nitrogens with one attached hydrogen (secondary N) is 2. The van der Waals surface area contributed by atoms with E-state index in [1.54, 1.807) is 0 Å². The highest BCUT2D eigenvalue weighted by atomic mass is 16.4. The van der Waals surface area contributed by atoms with Crippen molar-refractivity contribution in [1.82, 2.24) is 10.9 Å². The van der Waals surface area contributed by atoms with Crippen LogP contribution in [-0.4, -0.2) is 28.0 Å². The molecule has 22 heavy (non-hydrogen) atoms. The first-order valence-corrected chi connectivity index (χ1v) is 7.05. The van der Waals surface area contributed by atoms with E-state index in [1.807, 2.05) is 6.92 Å². The number of hydrogen-bond donors (Lipinski definition) is 4. The smallest absolute Gasteiger partial charge is 0.306 e. The van der Waals surface area contributed by atoms with Crippen LogP contribution in [0.1, 0.15) is 43.0 Å². The molecule has 1 unspecified atom stereocenters. The van der Waals surface area contributed by atoms with E-state index in [9.17, 15) is 14.4 Å². The van der Waals surface area contributed by atoms with E-state index < -0.39 is 23.7 Å². The van der Waals surface area contributed by atoms with Gasteiger partial charge < -0.3 is 10.2 Å². The topological polar surface area (TPSA) is 116 Å². The van der Waals surface area contributed by atoms with Gasteiger partial charge in [0.1, 0.15) is 5.75 Å². The fraction of sp³-hybridized carbons (Fsp3) is 0.400. The van der Waals surface area contributed by atoms with E-state index in [-0.39, 0.29) is 24.2 Å². The minimum Gasteiger partial charge on any atom is -0.508 e. The largest absolute Gasteiger partial charge is 0.508 e. The Kier molecular flexibility index (Phi) is 6.88. The average Bonchev–Trinajstić information content (AvgIpc) is 2.49. The van der Waals surface area contributed by atoms with Crippen LogP contribution < -0.4 is 10.9 Å². The summed E-state index contributed by atoms with van der Waals surface area (Å²) >= 11 is 0. The van der Waals surface area contributed by atoms with Crippen LogP contribution in [0.2, 0.25) is 0 Å². The molecule has 1 atom stereocenters. The van der Waals surface area contributed by atoms with Gasteiger partial charge in [-0.3, -0.25) is 25.2 Å². The Labute approximate surface area is 128 Å². The normalized spacial score (nSPS) is 11.5. The Morgan fingerprint density at radius 1 is 1.09 bits per heavy atom. The molecule has 0 aliphatic rings. The van der Waals surface area contributed by atoms with Crippen LogP contribution in [0, 0.1) is 5.92 Å². The number of carboxylic acids is 1. The third-order valence-electron chi connectivity index (χ3n) is 3.15. The zero-order valence-corrected chi connectivity index (χ0v) is 12.3. The van der Waals surface area contributed by atoms with Gasteiger partial charge in [0.15, 0.2) is 0 Å². The van der Waals surface area contributed by atoms with E-state index >= 15 is 0 Å². The molecule has 4 N–H and O–H groups in total. The fourth-order valence-electron chi connectivity index (χ4n) is 1.92. The van der Waals surface area contributed by atoms with Crippen molar-refractivity contribution in [2.45, 2.75) is 32.6 Å². The lowest BCUT2D eigenvalue weighted by Crippen LogP contribution is -2.41. The predicted molar refractivity (Wildman–Crippen MR) is 79.0 cm³/mol. The second-order valence-electron chi connectivity index (χ2n) is 4.91. The average molecular weight is 308 g/mol. The Morgan fingerprint density at radius 2 is 1.73 bits per heavy atom. The second kappa shape index (κ2) is 8.66. The molecule has 0 saturated heterocycles. The van der Waals surface area contributed by atoms with Crippen molar-refractivity contribution >= 4 is 17.8 Å². The number of aliphatic carboxylic acids is 1. The van der Waals surface area contributed by atoms with E-state index in [4.69, 9.17) is 10.2 Å². The summed E-state index contributed by atoms with van der Waals surface area (Å²) in [4.78, 5) is 34.3. The molecule has 2 amide bonds. The van der Waals surface area contributed by atoms with Crippen molar-refractivity contribution in [2.24, 2.45) is 5.92 Å². The number of hydrazine groups is 1. The zero-order valence-electron chi connectivity index (χ0n) is 12.3. The van der Waals surface area contributed by atoms with Gasteiger partial charge in [-0.05, 0) is 37.1 Å². The Bertz CT molecular complexity index is 527. The number of phenolic OH excluding ortho intramolecular Hbond substituents is 1. The van der Waals surface area contributed by atoms with Gasteiger partial charge in [0.2, 0.25) is 5.91 Å². The number of phenols is 1. The number of rotatable bonds is 7. The van der Waals surface area contributed by atoms with Gasteiger partial charge in [-0.15, -0.1) is 0 Å². The van der Waals surface area contributed by atoms with Crippen molar-refractivity contribution in [3.63, 3.8) is 0 Å². The molecule has 0 spiro atoms. The Hall–Kier alpha value is -2.57. The SMILES string of the molecule is CCCC(CCC(=O)NNC(=O)c1ccc(O)cc1)C(=O)O. The van der Waals surface area contributed by atoms with Crippen LogP contribution in [0.25, 0.3) is 0 Å². The standard InChI is InChI=1S/C15H20N2O5/c1-2-3-11(15(21)22)6-9-13(19)16-17-14(20)10-4-7-12(18)8-5-10/h4-5,7-8,11,18H,2-3,6,9H2,1H3,(H,16,19)(H,17,20)(H,21,22). The van der Waals surface area contributed by atoms with E-state index in [2.05, 4.69) is 10.9 Å². The molecular weight excluding hydrogens is 288 g/mol. The highest BCUT2D eigenvalue weighted by Crippen LogP contribution is 2.13. The van der Waals surface area contributed by atoms with E-state index in [0.717, 1.165) is 6.42 Å². The van der Waals surface area contributed by atoms with Crippen LogP contribution in [0.3, 0.4) is 0 Å². The second-order valence-corrected chi connectivity index (χ2v) is 4.91. The minimum absolute atomic E-state index is 0.0207. The summed E-state index contributed by atoms with van der Waals surface area (Å²) in [5.74, 6) is -2.39. The summed E-state index contributed by atoms with van der Waals surface area (Å²) in [7, 11) is 0. The number of carbonyl (C=O) groups excluding carboxylic acids is 2. The lowest BCUT2D eigenvalue weighted by molar-refractivity contribution is -0.142. The summed E-state index contributed by atoms with van der Waals surface area (Å²) in [6.45, 7) is 1.88. The molecule has 0 fully saturated rings. The number of carboxylic acid groups (broad SMARTS) is 1. The molecule has 0 heterocycles. The molecule has 1 aromatic carbocycles. The number of hydrogen-bond acceptors (Lipinski definition) is 4. The van der Waals surface area contributed by atoms with Crippen molar-refractivity contribution in [2.75, 3.05) is 0 Å². The number of benzene rings is 1. The molecule has 0 bridgehead atoms. The summed E-state index contributed by atoms with van der Waals surface area (Å²) in [6, 6.07) is 5.55. The van der Waals surface area contributed by atoms with Crippen LogP contribution in [0.4, 0.5) is 0 Å². The van der Waals surface area contributed by atoms with Crippen molar-refractivity contribution in [3.05, 3.63) is 29.8 Å². The summed E-state index contributed by atoms with van der Waals surface area (Å²) in [5.41, 5.74) is 4.76. The molecule has 0 aliphatic heterocycles. The third-order valence-corrected chi connectivity index (χ3v) is 3.15. The first-order valence-electron chi connectivity index (χ1n) is 7.05. The lowest BCUT2D eigenvalue weighted by Gasteiger charge is -2.11. The molecule has 7 heteroatoms. The Morgan fingerprint density at radius 3 is 2.27 bits per heavy atom. The van der Waals surface area contributed by atoms with Gasteiger partial charge in [-0.25, -0.2) is 0 Å². The number of aromatic hydroxyl groups is 1. The lowest BCUT2D eigenvalue weighted by atomic mass is 9.98. The molecule has 0 aromatic heterocycles. The Balaban J connectivity index is 2.37. The highest BCUT2D eigenvalue weighted by molar-refractivity contribution is 5.95. The summed E-state index contributed by atoms with van der Waals surface area (Å²) in [5, 5.41) is 18.1. The fourth-order valence-corrected chi connectivity index (χ4v) is 1.92. The maximum Gasteiger partial charge on any atom is 0.306 e. The van der Waals surface area contributed by atoms with E-state index in [0.29, 0.717) is 6.42 Å². The monoisotopic (exact) mass is 308 g/mol. The maximum atomic E-state index is 11.7. The van der Waals surface area contributed by atoms with Crippen molar-refractivity contribution < 1.29 is 24.6 Å². The van der Waals surface area contributed by atoms with E-state index in [1.165, 1.54) is 24.3 Å². The molecule has 120 valence electrons. The number of amides is 2. The maximum absolute atomic E-state index is 11.7. The van der Waals surface area contributed by atoms with Gasteiger partial charge in [0.05, 0.1) is 5.92 Å². The molecule has 1 aromatic rings. The number of carbonyl (C=O) groups is 3. The first-order chi connectivity index (χ1) is 10.4. The van der Waals surface area contributed by atoms with Crippen LogP contribution >= 0.6 is 0 Å². The highest BCUT2D eigenvalue weighted by Gasteiger charge is 2.17. The zero-order chi connectivity index (χ0) is 16.5. The van der Waals surface area contributed by atoms with Crippen LogP contribution in [0.15, 0.2) is 24.3 Å². The summed E-state index contributed by atoms with van der Waals surface area (Å²) in [6.07, 6.45) is 1.50. The van der Waals surface area contributed by atoms with Gasteiger partial charge in [-0.1, -0.05) is 13.3 Å². The van der Waals surface area contributed by atoms with Crippen LogP contribution in [-0.2, 0) is 9.59 Å². The molecule has 0 saturated carbocycles. The minimum atomic E-state index is -0.914. The molecule has 7 nitrogen and oxygen atoms in total. The van der Waals surface area contributed by atoms with Gasteiger partial charge in [0.25, 0.3) is 5.91 Å². The van der Waals surface area contributed by atoms with Crippen LogP contribution in [0.5, 0.6) is 5.75 Å². The first kappa shape index (κ1) is 17.5.